The fraction of sp³-hybridized carbons (Fsp3) is 0.375. The van der Waals surface area contributed by atoms with Gasteiger partial charge in [-0.3, -0.25) is 4.79 Å². The van der Waals surface area contributed by atoms with Crippen molar-refractivity contribution in [1.82, 2.24) is 9.78 Å². The normalized spacial score (nSPS) is 13.7. The molecular weight excluding hydrogens is 264 g/mol. The van der Waals surface area contributed by atoms with Crippen LogP contribution in [0.15, 0.2) is 36.5 Å². The van der Waals surface area contributed by atoms with Gasteiger partial charge in [0.1, 0.15) is 0 Å². The molecule has 1 atom stereocenters. The molecule has 0 bridgehead atoms. The highest BCUT2D eigenvalue weighted by molar-refractivity contribution is 5.97. The fourth-order valence-corrected chi connectivity index (χ4v) is 2.26. The van der Waals surface area contributed by atoms with Gasteiger partial charge in [-0.15, -0.1) is 0 Å². The first-order valence-corrected chi connectivity index (χ1v) is 7.16. The van der Waals surface area contributed by atoms with Crippen molar-refractivity contribution in [2.24, 2.45) is 5.73 Å². The zero-order valence-electron chi connectivity index (χ0n) is 12.8. The van der Waals surface area contributed by atoms with Crippen LogP contribution in [0.2, 0.25) is 0 Å². The molecule has 1 aromatic carbocycles. The monoisotopic (exact) mass is 286 g/mol. The molecule has 1 heterocycles. The van der Waals surface area contributed by atoms with Gasteiger partial charge in [0.05, 0.1) is 28.8 Å². The predicted octanol–water partition coefficient (Wildman–Crippen LogP) is 2.64. The summed E-state index contributed by atoms with van der Waals surface area (Å²) in [6.07, 6.45) is 3.16. The van der Waals surface area contributed by atoms with E-state index in [1.165, 1.54) is 0 Å². The Labute approximate surface area is 125 Å². The summed E-state index contributed by atoms with van der Waals surface area (Å²) >= 11 is 0. The molecule has 1 unspecified atom stereocenters. The second-order valence-corrected chi connectivity index (χ2v) is 5.51. The Kier molecular flexibility index (Phi) is 4.43. The highest BCUT2D eigenvalue weighted by Gasteiger charge is 2.28. The van der Waals surface area contributed by atoms with E-state index in [9.17, 15) is 4.79 Å². The Hall–Kier alpha value is -2.14. The van der Waals surface area contributed by atoms with Crippen molar-refractivity contribution in [3.63, 3.8) is 0 Å². The minimum Gasteiger partial charge on any atom is -0.322 e. The lowest BCUT2D eigenvalue weighted by Gasteiger charge is -2.22. The molecule has 0 spiro atoms. The second kappa shape index (κ2) is 6.10. The van der Waals surface area contributed by atoms with E-state index in [0.29, 0.717) is 12.1 Å². The molecular formula is C16H22N4O. The van der Waals surface area contributed by atoms with E-state index >= 15 is 0 Å². The largest absolute Gasteiger partial charge is 0.322 e. The van der Waals surface area contributed by atoms with Gasteiger partial charge < -0.3 is 11.1 Å². The van der Waals surface area contributed by atoms with Crippen LogP contribution in [0.25, 0.3) is 5.69 Å². The van der Waals surface area contributed by atoms with Gasteiger partial charge in [0.2, 0.25) is 5.91 Å². The Morgan fingerprint density at radius 2 is 2.05 bits per heavy atom. The van der Waals surface area contributed by atoms with Gasteiger partial charge in [-0.1, -0.05) is 31.5 Å². The maximum atomic E-state index is 12.2. The highest BCUT2D eigenvalue weighted by Crippen LogP contribution is 2.20. The number of carbonyl (C=O) groups is 1. The first kappa shape index (κ1) is 15.3. The molecule has 0 saturated heterocycles. The zero-order valence-corrected chi connectivity index (χ0v) is 12.8. The van der Waals surface area contributed by atoms with Gasteiger partial charge in [0.15, 0.2) is 0 Å². The van der Waals surface area contributed by atoms with Crippen LogP contribution < -0.4 is 11.1 Å². The fourth-order valence-electron chi connectivity index (χ4n) is 2.26. The molecule has 1 aromatic heterocycles. The van der Waals surface area contributed by atoms with Crippen molar-refractivity contribution < 1.29 is 4.79 Å². The number of para-hydroxylation sites is 1. The summed E-state index contributed by atoms with van der Waals surface area (Å²) in [5, 5.41) is 7.21. The van der Waals surface area contributed by atoms with Gasteiger partial charge in [-0.2, -0.15) is 5.10 Å². The van der Waals surface area contributed by atoms with Crippen molar-refractivity contribution in [3.05, 3.63) is 42.2 Å². The zero-order chi connectivity index (χ0) is 15.5. The summed E-state index contributed by atoms with van der Waals surface area (Å²) in [6, 6.07) is 9.79. The number of nitrogens with two attached hydrogens (primary N) is 1. The van der Waals surface area contributed by atoms with Gasteiger partial charge in [0, 0.05) is 0 Å². The molecule has 5 heteroatoms. The lowest BCUT2D eigenvalue weighted by atomic mass is 9.96. The van der Waals surface area contributed by atoms with Gasteiger partial charge in [0.25, 0.3) is 0 Å². The number of carbonyl (C=O) groups excluding carboxylic acids is 1. The molecule has 2 aromatic rings. The van der Waals surface area contributed by atoms with Crippen LogP contribution in [0, 0.1) is 6.92 Å². The molecule has 0 radical (unpaired) electrons. The quantitative estimate of drug-likeness (QED) is 0.887. The van der Waals surface area contributed by atoms with E-state index in [2.05, 4.69) is 10.4 Å². The standard InChI is InChI=1S/C16H22N4O/c1-4-10-16(3,17)15(21)19-14-11-18-20(12(14)2)13-8-6-5-7-9-13/h5-9,11H,4,10,17H2,1-3H3,(H,19,21). The van der Waals surface area contributed by atoms with E-state index < -0.39 is 5.54 Å². The van der Waals surface area contributed by atoms with E-state index in [1.54, 1.807) is 17.8 Å². The maximum absolute atomic E-state index is 12.2. The average molecular weight is 286 g/mol. The third-order valence-corrected chi connectivity index (χ3v) is 3.55. The lowest BCUT2D eigenvalue weighted by molar-refractivity contribution is -0.120. The van der Waals surface area contributed by atoms with Crippen molar-refractivity contribution in [3.8, 4) is 5.69 Å². The van der Waals surface area contributed by atoms with Gasteiger partial charge in [-0.05, 0) is 32.4 Å². The first-order valence-electron chi connectivity index (χ1n) is 7.16. The third kappa shape index (κ3) is 3.31. The smallest absolute Gasteiger partial charge is 0.244 e. The molecule has 0 saturated carbocycles. The third-order valence-electron chi connectivity index (χ3n) is 3.55. The number of aromatic nitrogens is 2. The number of anilines is 1. The first-order chi connectivity index (χ1) is 9.95. The molecule has 0 fully saturated rings. The molecule has 21 heavy (non-hydrogen) atoms. The number of nitrogens with one attached hydrogen (secondary N) is 1. The Bertz CT molecular complexity index is 616. The molecule has 112 valence electrons. The Morgan fingerprint density at radius 1 is 1.38 bits per heavy atom. The molecule has 1 amide bonds. The average Bonchev–Trinajstić information content (AvgIpc) is 2.81. The van der Waals surface area contributed by atoms with E-state index in [0.717, 1.165) is 17.8 Å². The summed E-state index contributed by atoms with van der Waals surface area (Å²) in [5.74, 6) is -0.180. The number of hydrogen-bond acceptors (Lipinski definition) is 3. The van der Waals surface area contributed by atoms with Crippen LogP contribution >= 0.6 is 0 Å². The van der Waals surface area contributed by atoms with Crippen molar-refractivity contribution >= 4 is 11.6 Å². The van der Waals surface area contributed by atoms with Crippen LogP contribution in [0.3, 0.4) is 0 Å². The van der Waals surface area contributed by atoms with Crippen molar-refractivity contribution in [2.45, 2.75) is 39.2 Å². The van der Waals surface area contributed by atoms with Crippen LogP contribution in [0.4, 0.5) is 5.69 Å². The second-order valence-electron chi connectivity index (χ2n) is 5.51. The number of rotatable bonds is 5. The van der Waals surface area contributed by atoms with E-state index in [1.807, 2.05) is 44.2 Å². The van der Waals surface area contributed by atoms with Crippen molar-refractivity contribution in [2.75, 3.05) is 5.32 Å². The molecule has 0 aliphatic heterocycles. The Morgan fingerprint density at radius 3 is 2.67 bits per heavy atom. The minimum atomic E-state index is -0.865. The maximum Gasteiger partial charge on any atom is 0.244 e. The molecule has 2 rings (SSSR count). The summed E-state index contributed by atoms with van der Waals surface area (Å²) < 4.78 is 1.79. The van der Waals surface area contributed by atoms with Gasteiger partial charge >= 0.3 is 0 Å². The Balaban J connectivity index is 2.20. The predicted molar refractivity (Wildman–Crippen MR) is 84.4 cm³/mol. The number of nitrogens with zero attached hydrogens (tertiary/aromatic N) is 2. The van der Waals surface area contributed by atoms with Crippen LogP contribution in [0.1, 0.15) is 32.4 Å². The van der Waals surface area contributed by atoms with Gasteiger partial charge in [-0.25, -0.2) is 4.68 Å². The molecule has 5 nitrogen and oxygen atoms in total. The molecule has 0 aliphatic carbocycles. The van der Waals surface area contributed by atoms with Crippen molar-refractivity contribution in [1.29, 1.82) is 0 Å². The highest BCUT2D eigenvalue weighted by atomic mass is 16.2. The number of benzene rings is 1. The summed E-state index contributed by atoms with van der Waals surface area (Å²) in [5.41, 5.74) is 7.71. The summed E-state index contributed by atoms with van der Waals surface area (Å²) in [7, 11) is 0. The number of hydrogen-bond donors (Lipinski definition) is 2. The topological polar surface area (TPSA) is 72.9 Å². The lowest BCUT2D eigenvalue weighted by Crippen LogP contribution is -2.48. The van der Waals surface area contributed by atoms with E-state index in [4.69, 9.17) is 5.73 Å². The van der Waals surface area contributed by atoms with E-state index in [-0.39, 0.29) is 5.91 Å². The molecule has 3 N–H and O–H groups in total. The summed E-state index contributed by atoms with van der Waals surface area (Å²) in [4.78, 5) is 12.2. The SMILES string of the molecule is CCCC(C)(N)C(=O)Nc1cnn(-c2ccccc2)c1C. The van der Waals surface area contributed by atoms with Crippen LogP contribution in [0.5, 0.6) is 0 Å². The van der Waals surface area contributed by atoms with Crippen LogP contribution in [-0.4, -0.2) is 21.2 Å². The number of amides is 1. The summed E-state index contributed by atoms with van der Waals surface area (Å²) in [6.45, 7) is 5.68. The minimum absolute atomic E-state index is 0.180. The van der Waals surface area contributed by atoms with Crippen LogP contribution in [-0.2, 0) is 4.79 Å². The molecule has 0 aliphatic rings.